The minimum Gasteiger partial charge on any atom is -0.341 e. The van der Waals surface area contributed by atoms with Crippen molar-refractivity contribution in [3.05, 3.63) is 55.0 Å². The summed E-state index contributed by atoms with van der Waals surface area (Å²) in [5.74, 6) is -0.508. The second kappa shape index (κ2) is 11.9. The molecule has 11 nitrogen and oxygen atoms in total. The van der Waals surface area contributed by atoms with Gasteiger partial charge in [-0.3, -0.25) is 4.79 Å². The number of fused-ring (bicyclic) bond motifs is 3. The van der Waals surface area contributed by atoms with Gasteiger partial charge in [0.05, 0.1) is 6.33 Å². The Balaban J connectivity index is 1.43. The normalized spacial score (nSPS) is 16.4. The van der Waals surface area contributed by atoms with E-state index < -0.39 is 22.0 Å². The summed E-state index contributed by atoms with van der Waals surface area (Å²) in [5.41, 5.74) is 2.71. The van der Waals surface area contributed by atoms with E-state index >= 15 is 0 Å². The van der Waals surface area contributed by atoms with E-state index in [1.165, 1.54) is 17.4 Å². The second-order valence-electron chi connectivity index (χ2n) is 10.4. The molecule has 3 amide bonds. The molecule has 3 heterocycles. The highest BCUT2D eigenvalue weighted by Gasteiger charge is 2.42. The lowest BCUT2D eigenvalue weighted by Crippen LogP contribution is -2.61. The van der Waals surface area contributed by atoms with Crippen LogP contribution in [0.2, 0.25) is 0 Å². The molecule has 41 heavy (non-hydrogen) atoms. The van der Waals surface area contributed by atoms with Gasteiger partial charge in [-0.1, -0.05) is 38.0 Å². The van der Waals surface area contributed by atoms with Crippen LogP contribution in [0.4, 0.5) is 10.5 Å². The van der Waals surface area contributed by atoms with Crippen LogP contribution in [-0.2, 0) is 28.4 Å². The number of rotatable bonds is 9. The number of amides is 3. The molecule has 12 heteroatoms. The van der Waals surface area contributed by atoms with Gasteiger partial charge in [-0.2, -0.15) is 4.31 Å². The molecule has 0 bridgehead atoms. The van der Waals surface area contributed by atoms with Crippen molar-refractivity contribution in [1.29, 1.82) is 0 Å². The Morgan fingerprint density at radius 2 is 1.80 bits per heavy atom. The van der Waals surface area contributed by atoms with Crippen molar-refractivity contribution in [3.63, 3.8) is 0 Å². The van der Waals surface area contributed by atoms with E-state index in [0.717, 1.165) is 51.9 Å². The quantitative estimate of drug-likeness (QED) is 0.293. The first-order valence-electron chi connectivity index (χ1n) is 14.1. The van der Waals surface area contributed by atoms with Crippen LogP contribution in [-0.4, -0.2) is 75.9 Å². The molecule has 2 N–H and O–H groups in total. The van der Waals surface area contributed by atoms with Gasteiger partial charge in [-0.05, 0) is 37.6 Å². The van der Waals surface area contributed by atoms with E-state index in [-0.39, 0.29) is 30.7 Å². The number of urea groups is 1. The third kappa shape index (κ3) is 5.66. The molecule has 1 fully saturated rings. The minimum atomic E-state index is -4.09. The Hall–Kier alpha value is -3.90. The van der Waals surface area contributed by atoms with Gasteiger partial charge in [-0.15, -0.1) is 0 Å². The number of unbranched alkanes of at least 4 members (excludes halogenated alkanes) is 2. The largest absolute Gasteiger partial charge is 0.341 e. The van der Waals surface area contributed by atoms with Crippen molar-refractivity contribution < 1.29 is 18.0 Å². The van der Waals surface area contributed by atoms with E-state index in [1.807, 2.05) is 30.3 Å². The number of nitrogens with zero attached hydrogens (tertiary/aromatic N) is 5. The Bertz CT molecular complexity index is 1680. The number of hydrogen-bond donors (Lipinski definition) is 2. The lowest BCUT2D eigenvalue weighted by molar-refractivity contribution is -0.121. The van der Waals surface area contributed by atoms with Crippen molar-refractivity contribution >= 4 is 49.5 Å². The summed E-state index contributed by atoms with van der Waals surface area (Å²) in [6.45, 7) is 5.57. The molecular formula is C29H37N7O4S. The molecule has 1 atom stereocenters. The van der Waals surface area contributed by atoms with Gasteiger partial charge in [0.2, 0.25) is 5.91 Å². The summed E-state index contributed by atoms with van der Waals surface area (Å²) in [4.78, 5) is 32.2. The average molecular weight is 580 g/mol. The topological polar surface area (TPSA) is 122 Å². The van der Waals surface area contributed by atoms with Gasteiger partial charge >= 0.3 is 6.03 Å². The molecule has 0 spiro atoms. The van der Waals surface area contributed by atoms with Crippen LogP contribution in [0.5, 0.6) is 0 Å². The van der Waals surface area contributed by atoms with E-state index in [4.69, 9.17) is 0 Å². The number of para-hydroxylation sites is 1. The molecular weight excluding hydrogens is 542 g/mol. The smallest absolute Gasteiger partial charge is 0.317 e. The number of imidazole rings is 1. The average Bonchev–Trinajstić information content (AvgIpc) is 3.56. The van der Waals surface area contributed by atoms with Gasteiger partial charge in [0, 0.05) is 73.5 Å². The molecule has 1 saturated heterocycles. The first-order chi connectivity index (χ1) is 19.7. The number of sulfonamides is 1. The lowest BCUT2D eigenvalue weighted by Gasteiger charge is -2.39. The van der Waals surface area contributed by atoms with Gasteiger partial charge in [0.15, 0.2) is 5.03 Å². The Morgan fingerprint density at radius 3 is 2.54 bits per heavy atom. The number of piperazine rings is 1. The zero-order valence-corrected chi connectivity index (χ0v) is 24.5. The molecule has 0 saturated carbocycles. The Kier molecular flexibility index (Phi) is 8.32. The number of aromatic nitrogens is 3. The summed E-state index contributed by atoms with van der Waals surface area (Å²) in [6, 6.07) is 12.4. The molecule has 4 aromatic rings. The fourth-order valence-electron chi connectivity index (χ4n) is 5.47. The summed E-state index contributed by atoms with van der Waals surface area (Å²) in [5, 5.41) is 7.77. The third-order valence-electron chi connectivity index (χ3n) is 7.59. The molecule has 1 aliphatic rings. The van der Waals surface area contributed by atoms with E-state index in [0.29, 0.717) is 12.2 Å². The van der Waals surface area contributed by atoms with Crippen LogP contribution < -0.4 is 10.6 Å². The van der Waals surface area contributed by atoms with Crippen LogP contribution in [0, 0.1) is 0 Å². The van der Waals surface area contributed by atoms with Crippen molar-refractivity contribution in [2.24, 2.45) is 7.05 Å². The van der Waals surface area contributed by atoms with Crippen LogP contribution in [0.1, 0.15) is 33.1 Å². The predicted molar refractivity (Wildman–Crippen MR) is 159 cm³/mol. The highest BCUT2D eigenvalue weighted by molar-refractivity contribution is 7.89. The van der Waals surface area contributed by atoms with Crippen LogP contribution in [0.3, 0.4) is 0 Å². The summed E-state index contributed by atoms with van der Waals surface area (Å²) in [6.07, 6.45) is 5.71. The lowest BCUT2D eigenvalue weighted by atomic mass is 10.1. The minimum absolute atomic E-state index is 0.0254. The first-order valence-corrected chi connectivity index (χ1v) is 15.5. The number of nitrogens with one attached hydrogen (secondary N) is 2. The first kappa shape index (κ1) is 28.6. The molecule has 1 aliphatic heterocycles. The third-order valence-corrected chi connectivity index (χ3v) is 9.38. The van der Waals surface area contributed by atoms with Gasteiger partial charge < -0.3 is 24.7 Å². The molecule has 218 valence electrons. The maximum atomic E-state index is 13.8. The summed E-state index contributed by atoms with van der Waals surface area (Å²) in [7, 11) is -2.40. The highest BCUT2D eigenvalue weighted by atomic mass is 32.2. The number of carbonyl (C=O) groups excluding carboxylic acids is 2. The number of anilines is 1. The monoisotopic (exact) mass is 579 g/mol. The zero-order valence-electron chi connectivity index (χ0n) is 23.7. The number of carbonyl (C=O) groups is 2. The molecule has 0 aliphatic carbocycles. The number of aryl methyl sites for hydroxylation is 2. The Morgan fingerprint density at radius 1 is 1.02 bits per heavy atom. The van der Waals surface area contributed by atoms with E-state index in [9.17, 15) is 18.0 Å². The van der Waals surface area contributed by atoms with Crippen molar-refractivity contribution in [3.8, 4) is 0 Å². The zero-order chi connectivity index (χ0) is 29.1. The molecule has 2 aromatic carbocycles. The number of benzene rings is 2. The fraction of sp³-hybridized carbons (Fsp3) is 0.414. The van der Waals surface area contributed by atoms with Gasteiger partial charge in [-0.25, -0.2) is 18.2 Å². The summed E-state index contributed by atoms with van der Waals surface area (Å²) >= 11 is 0. The Labute approximate surface area is 240 Å². The molecule has 5 rings (SSSR count). The maximum Gasteiger partial charge on any atom is 0.317 e. The van der Waals surface area contributed by atoms with Crippen molar-refractivity contribution in [2.75, 3.05) is 31.5 Å². The van der Waals surface area contributed by atoms with Gasteiger partial charge in [0.25, 0.3) is 10.0 Å². The number of hydrogen-bond acceptors (Lipinski definition) is 5. The molecule has 2 aromatic heterocycles. The highest BCUT2D eigenvalue weighted by Crippen LogP contribution is 2.31. The van der Waals surface area contributed by atoms with Crippen LogP contribution >= 0.6 is 0 Å². The second-order valence-corrected chi connectivity index (χ2v) is 12.2. The van der Waals surface area contributed by atoms with Crippen LogP contribution in [0.25, 0.3) is 21.8 Å². The van der Waals surface area contributed by atoms with Crippen LogP contribution in [0.15, 0.2) is 60.0 Å². The summed E-state index contributed by atoms with van der Waals surface area (Å²) < 4.78 is 32.1. The predicted octanol–water partition coefficient (Wildman–Crippen LogP) is 3.76. The standard InChI is InChI=1S/C29H37N7O4S/c1-4-6-9-14-30-29(38)34-15-16-36(41(39,40)27-19-33(3)20-31-27)26(18-34)28(37)32-21-12-13-25-23(17-21)22-10-7-8-11-24(22)35(25)5-2/h7-8,10-13,17,19-20,26H,4-6,9,14-16,18H2,1-3H3,(H,30,38)(H,32,37). The van der Waals surface area contributed by atoms with Gasteiger partial charge in [0.1, 0.15) is 6.04 Å². The van der Waals surface area contributed by atoms with E-state index in [1.54, 1.807) is 11.6 Å². The SMILES string of the molecule is CCCCCNC(=O)N1CCN(S(=O)(=O)c2cn(C)cn2)C(C(=O)Nc2ccc3c(c2)c2ccccc2n3CC)C1. The maximum absolute atomic E-state index is 13.8. The van der Waals surface area contributed by atoms with Crippen molar-refractivity contribution in [1.82, 2.24) is 28.6 Å². The molecule has 0 radical (unpaired) electrons. The molecule has 1 unspecified atom stereocenters. The fourth-order valence-corrected chi connectivity index (χ4v) is 7.01. The van der Waals surface area contributed by atoms with E-state index in [2.05, 4.69) is 46.2 Å². The van der Waals surface area contributed by atoms with Crippen molar-refractivity contribution in [2.45, 2.75) is 50.7 Å².